The van der Waals surface area contributed by atoms with Crippen LogP contribution in [0, 0.1) is 0 Å². The maximum absolute atomic E-state index is 12.2. The van der Waals surface area contributed by atoms with Crippen LogP contribution in [0.3, 0.4) is 0 Å². The third-order valence-electron chi connectivity index (χ3n) is 4.08. The number of aromatic nitrogens is 1. The topological polar surface area (TPSA) is 62.1 Å². The minimum Gasteiger partial charge on any atom is -0.352 e. The van der Waals surface area contributed by atoms with Gasteiger partial charge in [-0.05, 0) is 13.3 Å². The molecule has 26 heavy (non-hydrogen) atoms. The van der Waals surface area contributed by atoms with Crippen LogP contribution < -0.4 is 20.7 Å². The van der Waals surface area contributed by atoms with Crippen molar-refractivity contribution in [3.8, 4) is 0 Å². The highest BCUT2D eigenvalue weighted by molar-refractivity contribution is 6.33. The SMILES string of the molecule is Bc1ccccc1C[n+]1ccc(C(=O)NCCCNC(=O)C(=C)C)cc1. The van der Waals surface area contributed by atoms with Crippen LogP contribution in [-0.2, 0) is 11.3 Å². The second-order valence-corrected chi connectivity index (χ2v) is 6.33. The molecular formula is C20H25BN3O2+. The van der Waals surface area contributed by atoms with Gasteiger partial charge in [0, 0.05) is 36.4 Å². The van der Waals surface area contributed by atoms with Crippen LogP contribution in [-0.4, -0.2) is 32.8 Å². The minimum atomic E-state index is -0.155. The van der Waals surface area contributed by atoms with E-state index >= 15 is 0 Å². The maximum Gasteiger partial charge on any atom is 0.251 e. The number of rotatable bonds is 8. The molecule has 0 unspecified atom stereocenters. The summed E-state index contributed by atoms with van der Waals surface area (Å²) in [5.74, 6) is -0.267. The largest absolute Gasteiger partial charge is 0.352 e. The molecule has 0 aliphatic carbocycles. The van der Waals surface area contributed by atoms with Gasteiger partial charge in [0.25, 0.3) is 5.91 Å². The number of pyridine rings is 1. The van der Waals surface area contributed by atoms with Gasteiger partial charge in [0.1, 0.15) is 7.85 Å². The fourth-order valence-electron chi connectivity index (χ4n) is 2.44. The molecule has 2 rings (SSSR count). The van der Waals surface area contributed by atoms with Gasteiger partial charge < -0.3 is 10.6 Å². The number of benzene rings is 1. The van der Waals surface area contributed by atoms with Gasteiger partial charge in [0.05, 0.1) is 5.56 Å². The molecule has 6 heteroatoms. The van der Waals surface area contributed by atoms with Crippen molar-refractivity contribution in [3.05, 3.63) is 72.1 Å². The average molecular weight is 350 g/mol. The summed E-state index contributed by atoms with van der Waals surface area (Å²) in [4.78, 5) is 23.5. The van der Waals surface area contributed by atoms with E-state index in [1.54, 1.807) is 6.92 Å². The number of hydrogen-bond acceptors (Lipinski definition) is 2. The Hall–Kier alpha value is -2.89. The van der Waals surface area contributed by atoms with Gasteiger partial charge in [-0.1, -0.05) is 36.3 Å². The molecule has 0 aliphatic heterocycles. The van der Waals surface area contributed by atoms with E-state index in [4.69, 9.17) is 0 Å². The monoisotopic (exact) mass is 350 g/mol. The summed E-state index contributed by atoms with van der Waals surface area (Å²) >= 11 is 0. The van der Waals surface area contributed by atoms with E-state index in [0.717, 1.165) is 6.54 Å². The lowest BCUT2D eigenvalue weighted by molar-refractivity contribution is -0.688. The highest BCUT2D eigenvalue weighted by Crippen LogP contribution is 1.98. The second kappa shape index (κ2) is 9.56. The van der Waals surface area contributed by atoms with Gasteiger partial charge in [0.2, 0.25) is 5.91 Å². The summed E-state index contributed by atoms with van der Waals surface area (Å²) < 4.78 is 2.05. The van der Waals surface area contributed by atoms with Crippen molar-refractivity contribution in [1.82, 2.24) is 10.6 Å². The Labute approximate surface area is 155 Å². The highest BCUT2D eigenvalue weighted by atomic mass is 16.2. The molecule has 1 aromatic heterocycles. The van der Waals surface area contributed by atoms with Gasteiger partial charge in [-0.15, -0.1) is 0 Å². The predicted molar refractivity (Wildman–Crippen MR) is 105 cm³/mol. The molecule has 2 amide bonds. The number of carbonyl (C=O) groups is 2. The van der Waals surface area contributed by atoms with Crippen LogP contribution in [0.5, 0.6) is 0 Å². The first-order chi connectivity index (χ1) is 12.5. The lowest BCUT2D eigenvalue weighted by Crippen LogP contribution is -2.36. The van der Waals surface area contributed by atoms with E-state index in [1.807, 2.05) is 41.2 Å². The predicted octanol–water partition coefficient (Wildman–Crippen LogP) is 0.0930. The fraction of sp³-hybridized carbons (Fsp3) is 0.250. The van der Waals surface area contributed by atoms with Gasteiger partial charge in [-0.25, -0.2) is 4.57 Å². The van der Waals surface area contributed by atoms with Crippen molar-refractivity contribution in [2.45, 2.75) is 19.9 Å². The highest BCUT2D eigenvalue weighted by Gasteiger charge is 2.09. The van der Waals surface area contributed by atoms with Crippen LogP contribution in [0.2, 0.25) is 0 Å². The van der Waals surface area contributed by atoms with Crippen LogP contribution in [0.4, 0.5) is 0 Å². The van der Waals surface area contributed by atoms with E-state index in [1.165, 1.54) is 11.0 Å². The van der Waals surface area contributed by atoms with E-state index in [9.17, 15) is 9.59 Å². The summed E-state index contributed by atoms with van der Waals surface area (Å²) in [5.41, 5.74) is 3.61. The van der Waals surface area contributed by atoms with Gasteiger partial charge in [-0.2, -0.15) is 0 Å². The third kappa shape index (κ3) is 5.88. The van der Waals surface area contributed by atoms with Gasteiger partial charge in [-0.3, -0.25) is 9.59 Å². The maximum atomic E-state index is 12.2. The molecule has 0 saturated carbocycles. The molecule has 1 aromatic carbocycles. The van der Waals surface area contributed by atoms with E-state index in [-0.39, 0.29) is 11.8 Å². The van der Waals surface area contributed by atoms with Crippen molar-refractivity contribution < 1.29 is 14.2 Å². The van der Waals surface area contributed by atoms with Crippen molar-refractivity contribution in [2.75, 3.05) is 13.1 Å². The summed E-state index contributed by atoms with van der Waals surface area (Å²) in [6.45, 7) is 7.03. The quantitative estimate of drug-likeness (QED) is 0.307. The lowest BCUT2D eigenvalue weighted by atomic mass is 9.91. The lowest BCUT2D eigenvalue weighted by Gasteiger charge is -2.07. The number of nitrogens with zero attached hydrogens (tertiary/aromatic N) is 1. The molecule has 0 spiro atoms. The zero-order chi connectivity index (χ0) is 18.9. The van der Waals surface area contributed by atoms with Crippen molar-refractivity contribution in [2.24, 2.45) is 0 Å². The second-order valence-electron chi connectivity index (χ2n) is 6.33. The first-order valence-electron chi connectivity index (χ1n) is 8.73. The Morgan fingerprint density at radius 2 is 1.73 bits per heavy atom. The van der Waals surface area contributed by atoms with Gasteiger partial charge >= 0.3 is 0 Å². The Morgan fingerprint density at radius 3 is 2.38 bits per heavy atom. The molecule has 0 aliphatic rings. The number of nitrogens with one attached hydrogen (secondary N) is 2. The van der Waals surface area contributed by atoms with E-state index < -0.39 is 0 Å². The Morgan fingerprint density at radius 1 is 1.08 bits per heavy atom. The Bertz CT molecular complexity index is 788. The summed E-state index contributed by atoms with van der Waals surface area (Å²) in [6, 6.07) is 11.9. The molecule has 134 valence electrons. The molecule has 0 bridgehead atoms. The molecule has 2 aromatic rings. The molecule has 0 radical (unpaired) electrons. The molecule has 0 saturated heterocycles. The summed E-state index contributed by atoms with van der Waals surface area (Å²) in [6.07, 6.45) is 4.49. The molecule has 1 heterocycles. The first-order valence-corrected chi connectivity index (χ1v) is 8.73. The molecule has 0 fully saturated rings. The smallest absolute Gasteiger partial charge is 0.251 e. The van der Waals surface area contributed by atoms with Crippen molar-refractivity contribution in [3.63, 3.8) is 0 Å². The number of carbonyl (C=O) groups excluding carboxylic acids is 2. The third-order valence-corrected chi connectivity index (χ3v) is 4.08. The van der Waals surface area contributed by atoms with Crippen LogP contribution in [0.25, 0.3) is 0 Å². The number of hydrogen-bond donors (Lipinski definition) is 2. The average Bonchev–Trinajstić information content (AvgIpc) is 2.63. The van der Waals surface area contributed by atoms with Crippen LogP contribution in [0.1, 0.15) is 29.3 Å². The van der Waals surface area contributed by atoms with Crippen molar-refractivity contribution in [1.29, 1.82) is 0 Å². The molecule has 0 atom stereocenters. The van der Waals surface area contributed by atoms with Gasteiger partial charge in [0.15, 0.2) is 18.9 Å². The summed E-state index contributed by atoms with van der Waals surface area (Å²) in [7, 11) is 2.09. The fourth-order valence-corrected chi connectivity index (χ4v) is 2.44. The van der Waals surface area contributed by atoms with E-state index in [2.05, 4.69) is 37.2 Å². The molecular weight excluding hydrogens is 325 g/mol. The van der Waals surface area contributed by atoms with Crippen LogP contribution >= 0.6 is 0 Å². The first kappa shape index (κ1) is 19.4. The molecule has 5 nitrogen and oxygen atoms in total. The van der Waals surface area contributed by atoms with E-state index in [0.29, 0.717) is 30.6 Å². The minimum absolute atomic E-state index is 0.112. The summed E-state index contributed by atoms with van der Waals surface area (Å²) in [5, 5.41) is 5.60. The zero-order valence-electron chi connectivity index (χ0n) is 15.4. The van der Waals surface area contributed by atoms with Crippen molar-refractivity contribution >= 4 is 25.1 Å². The number of amides is 2. The zero-order valence-corrected chi connectivity index (χ0v) is 15.4. The Balaban J connectivity index is 1.78. The Kier molecular flexibility index (Phi) is 7.15. The normalized spacial score (nSPS) is 10.2. The molecule has 2 N–H and O–H groups in total. The van der Waals surface area contributed by atoms with Crippen LogP contribution in [0.15, 0.2) is 60.9 Å². The standard InChI is InChI=1S/C20H24BN3O2/c1-15(2)19(25)22-10-5-11-23-20(26)16-8-12-24(13-9-16)14-17-6-3-4-7-18(17)21/h3-4,6-9,12-13H,1,5,10-11,14,21H2,2H3,(H-,22,23,25,26)/p+1.